The van der Waals surface area contributed by atoms with Gasteiger partial charge in [0.15, 0.2) is 0 Å². The molecule has 1 fully saturated rings. The molecule has 0 aromatic carbocycles. The van der Waals surface area contributed by atoms with Gasteiger partial charge in [-0.15, -0.1) is 0 Å². The van der Waals surface area contributed by atoms with Crippen LogP contribution in [0.5, 0.6) is 0 Å². The summed E-state index contributed by atoms with van der Waals surface area (Å²) in [5.74, 6) is -1.07. The molecule has 1 saturated heterocycles. The Morgan fingerprint density at radius 3 is 2.21 bits per heavy atom. The van der Waals surface area contributed by atoms with E-state index in [2.05, 4.69) is 20.8 Å². The molecule has 1 heterocycles. The lowest BCUT2D eigenvalue weighted by atomic mass is 9.96. The largest absolute Gasteiger partial charge is 0.391 e. The van der Waals surface area contributed by atoms with E-state index in [1.165, 1.54) is 0 Å². The molecule has 1 nitrogen and oxygen atoms in total. The van der Waals surface area contributed by atoms with Gasteiger partial charge in [0.05, 0.1) is 5.92 Å². The number of alkyl halides is 4. The summed E-state index contributed by atoms with van der Waals surface area (Å²) in [7, 11) is 0. The van der Waals surface area contributed by atoms with Crippen LogP contribution in [0.2, 0.25) is 0 Å². The molecule has 0 amide bonds. The maximum absolute atomic E-state index is 12.3. The van der Waals surface area contributed by atoms with Crippen LogP contribution in [0.15, 0.2) is 0 Å². The highest BCUT2D eigenvalue weighted by Gasteiger charge is 2.40. The molecule has 0 aromatic rings. The third kappa shape index (κ3) is 3.77. The Kier molecular flexibility index (Phi) is 4.70. The lowest BCUT2D eigenvalue weighted by Gasteiger charge is -2.32. The van der Waals surface area contributed by atoms with E-state index in [1.807, 2.05) is 0 Å². The zero-order valence-electron chi connectivity index (χ0n) is 7.99. The topological polar surface area (TPSA) is 3.24 Å². The highest BCUT2D eigenvalue weighted by atomic mass is 79.9. The lowest BCUT2D eigenvalue weighted by molar-refractivity contribution is -0.185. The van der Waals surface area contributed by atoms with Gasteiger partial charge >= 0.3 is 6.18 Å². The van der Waals surface area contributed by atoms with Crippen LogP contribution in [0.1, 0.15) is 19.3 Å². The first-order chi connectivity index (χ1) is 6.54. The van der Waals surface area contributed by atoms with Gasteiger partial charge in [0, 0.05) is 5.33 Å². The fraction of sp³-hybridized carbons (Fsp3) is 1.00. The van der Waals surface area contributed by atoms with Crippen molar-refractivity contribution < 1.29 is 13.2 Å². The Labute approximate surface area is 90.8 Å². The first kappa shape index (κ1) is 12.3. The molecule has 1 aliphatic rings. The van der Waals surface area contributed by atoms with Crippen LogP contribution >= 0.6 is 15.9 Å². The quantitative estimate of drug-likeness (QED) is 0.715. The Hall–Kier alpha value is 0.230. The first-order valence-corrected chi connectivity index (χ1v) is 6.01. The number of rotatable bonds is 3. The SMILES string of the molecule is FC(F)(F)C1CCN(CCCBr)CC1. The maximum atomic E-state index is 12.3. The van der Waals surface area contributed by atoms with Crippen molar-refractivity contribution in [2.45, 2.75) is 25.4 Å². The van der Waals surface area contributed by atoms with Crippen molar-refractivity contribution >= 4 is 15.9 Å². The molecular weight excluding hydrogens is 259 g/mol. The minimum absolute atomic E-state index is 0.270. The minimum atomic E-state index is -3.98. The van der Waals surface area contributed by atoms with E-state index in [-0.39, 0.29) is 12.8 Å². The molecule has 1 aliphatic heterocycles. The monoisotopic (exact) mass is 273 g/mol. The molecule has 14 heavy (non-hydrogen) atoms. The summed E-state index contributed by atoms with van der Waals surface area (Å²) in [6, 6.07) is 0. The fourth-order valence-electron chi connectivity index (χ4n) is 1.77. The maximum Gasteiger partial charge on any atom is 0.391 e. The summed E-state index contributed by atoms with van der Waals surface area (Å²) in [5, 5.41) is 0.923. The van der Waals surface area contributed by atoms with Gasteiger partial charge in [0.1, 0.15) is 0 Å². The summed E-state index contributed by atoms with van der Waals surface area (Å²) in [6.45, 7) is 2.10. The predicted octanol–water partition coefficient (Wildman–Crippen LogP) is 3.05. The first-order valence-electron chi connectivity index (χ1n) is 4.89. The van der Waals surface area contributed by atoms with E-state index in [1.54, 1.807) is 0 Å². The van der Waals surface area contributed by atoms with Gasteiger partial charge in [-0.25, -0.2) is 0 Å². The molecule has 0 N–H and O–H groups in total. The van der Waals surface area contributed by atoms with Crippen molar-refractivity contribution in [2.75, 3.05) is 25.0 Å². The second-order valence-electron chi connectivity index (χ2n) is 3.70. The third-order valence-electron chi connectivity index (χ3n) is 2.66. The highest BCUT2D eigenvalue weighted by Crippen LogP contribution is 2.33. The van der Waals surface area contributed by atoms with Crippen molar-refractivity contribution in [1.29, 1.82) is 0 Å². The molecular formula is C9H15BrF3N. The third-order valence-corrected chi connectivity index (χ3v) is 3.22. The van der Waals surface area contributed by atoms with Gasteiger partial charge in [-0.1, -0.05) is 15.9 Å². The molecule has 0 spiro atoms. The number of piperidine rings is 1. The van der Waals surface area contributed by atoms with Gasteiger partial charge in [0.2, 0.25) is 0 Å². The Morgan fingerprint density at radius 2 is 1.79 bits per heavy atom. The Bertz CT molecular complexity index is 164. The summed E-state index contributed by atoms with van der Waals surface area (Å²) in [5.41, 5.74) is 0. The second kappa shape index (κ2) is 5.35. The van der Waals surface area contributed by atoms with Crippen LogP contribution in [-0.4, -0.2) is 36.0 Å². The average molecular weight is 274 g/mol. The summed E-state index contributed by atoms with van der Waals surface area (Å²) in [6.07, 6.45) is -2.43. The molecule has 0 unspecified atom stereocenters. The zero-order valence-corrected chi connectivity index (χ0v) is 9.57. The molecule has 84 valence electrons. The molecule has 0 radical (unpaired) electrons. The minimum Gasteiger partial charge on any atom is -0.303 e. The van der Waals surface area contributed by atoms with E-state index in [9.17, 15) is 13.2 Å². The molecule has 0 aromatic heterocycles. The van der Waals surface area contributed by atoms with Gasteiger partial charge in [-0.2, -0.15) is 13.2 Å². The van der Waals surface area contributed by atoms with Crippen molar-refractivity contribution in [3.8, 4) is 0 Å². The number of nitrogens with zero attached hydrogens (tertiary/aromatic N) is 1. The highest BCUT2D eigenvalue weighted by molar-refractivity contribution is 9.09. The normalized spacial score (nSPS) is 21.4. The predicted molar refractivity (Wildman–Crippen MR) is 53.6 cm³/mol. The van der Waals surface area contributed by atoms with E-state index in [4.69, 9.17) is 0 Å². The molecule has 5 heteroatoms. The van der Waals surface area contributed by atoms with E-state index >= 15 is 0 Å². The van der Waals surface area contributed by atoms with Crippen LogP contribution in [0, 0.1) is 5.92 Å². The van der Waals surface area contributed by atoms with Crippen LogP contribution in [-0.2, 0) is 0 Å². The molecule has 0 saturated carbocycles. The van der Waals surface area contributed by atoms with Gasteiger partial charge in [-0.3, -0.25) is 0 Å². The number of hydrogen-bond acceptors (Lipinski definition) is 1. The van der Waals surface area contributed by atoms with Gasteiger partial charge < -0.3 is 4.90 Å². The van der Waals surface area contributed by atoms with Crippen LogP contribution in [0.3, 0.4) is 0 Å². The molecule has 0 atom stereocenters. The lowest BCUT2D eigenvalue weighted by Crippen LogP contribution is -2.39. The van der Waals surface area contributed by atoms with E-state index < -0.39 is 12.1 Å². The molecule has 0 aliphatic carbocycles. The number of halogens is 4. The standard InChI is InChI=1S/C9H15BrF3N/c10-4-1-5-14-6-2-8(3-7-14)9(11,12)13/h8H,1-7H2. The van der Waals surface area contributed by atoms with Gasteiger partial charge in [0.25, 0.3) is 0 Å². The Morgan fingerprint density at radius 1 is 1.21 bits per heavy atom. The van der Waals surface area contributed by atoms with Crippen LogP contribution in [0.25, 0.3) is 0 Å². The van der Waals surface area contributed by atoms with Crippen LogP contribution in [0.4, 0.5) is 13.2 Å². The van der Waals surface area contributed by atoms with Crippen molar-refractivity contribution in [3.63, 3.8) is 0 Å². The average Bonchev–Trinajstić information content (AvgIpc) is 2.14. The molecule has 1 rings (SSSR count). The van der Waals surface area contributed by atoms with Crippen LogP contribution < -0.4 is 0 Å². The summed E-state index contributed by atoms with van der Waals surface area (Å²) >= 11 is 3.31. The number of hydrogen-bond donors (Lipinski definition) is 0. The van der Waals surface area contributed by atoms with E-state index in [0.29, 0.717) is 13.1 Å². The summed E-state index contributed by atoms with van der Waals surface area (Å²) in [4.78, 5) is 2.11. The van der Waals surface area contributed by atoms with E-state index in [0.717, 1.165) is 18.3 Å². The molecule has 0 bridgehead atoms. The van der Waals surface area contributed by atoms with Crippen molar-refractivity contribution in [3.05, 3.63) is 0 Å². The Balaban J connectivity index is 2.24. The summed E-state index contributed by atoms with van der Waals surface area (Å²) < 4.78 is 36.9. The number of likely N-dealkylation sites (tertiary alicyclic amines) is 1. The van der Waals surface area contributed by atoms with Crippen molar-refractivity contribution in [2.24, 2.45) is 5.92 Å². The second-order valence-corrected chi connectivity index (χ2v) is 4.49. The smallest absolute Gasteiger partial charge is 0.303 e. The zero-order chi connectivity index (χ0) is 10.6. The van der Waals surface area contributed by atoms with Gasteiger partial charge in [-0.05, 0) is 38.9 Å². The van der Waals surface area contributed by atoms with Crippen molar-refractivity contribution in [1.82, 2.24) is 4.90 Å². The fourth-order valence-corrected chi connectivity index (χ4v) is 2.02.